The Labute approximate surface area is 153 Å². The molecular weight excluding hydrogens is 336 g/mol. The highest BCUT2D eigenvalue weighted by atomic mass is 16.5. The van der Waals surface area contributed by atoms with Gasteiger partial charge in [-0.15, -0.1) is 0 Å². The van der Waals surface area contributed by atoms with Crippen LogP contribution in [0.25, 0.3) is 11.5 Å². The number of aliphatic hydroxyl groups excluding tert-OH is 1. The van der Waals surface area contributed by atoms with Crippen molar-refractivity contribution in [3.63, 3.8) is 0 Å². The van der Waals surface area contributed by atoms with Crippen molar-refractivity contribution in [3.8, 4) is 23.0 Å². The summed E-state index contributed by atoms with van der Waals surface area (Å²) in [4.78, 5) is 16.3. The van der Waals surface area contributed by atoms with E-state index >= 15 is 0 Å². The molecule has 0 saturated carbocycles. The molecular formula is C18H28N4O4. The van der Waals surface area contributed by atoms with Crippen LogP contribution in [0.15, 0.2) is 17.1 Å². The summed E-state index contributed by atoms with van der Waals surface area (Å²) in [6, 6.07) is 1.73. The van der Waals surface area contributed by atoms with Gasteiger partial charge in [-0.1, -0.05) is 26.7 Å². The lowest BCUT2D eigenvalue weighted by Crippen LogP contribution is -2.23. The number of H-pyrrole nitrogens is 1. The van der Waals surface area contributed by atoms with Gasteiger partial charge in [-0.25, -0.2) is 14.9 Å². The second-order valence-electron chi connectivity index (χ2n) is 6.23. The number of nitrogens with zero attached hydrogens (tertiary/aromatic N) is 3. The molecule has 1 atom stereocenters. The molecule has 0 unspecified atom stereocenters. The van der Waals surface area contributed by atoms with Crippen LogP contribution in [-0.4, -0.2) is 44.2 Å². The number of ether oxygens (including phenoxy) is 2. The molecule has 0 aliphatic heterocycles. The molecule has 0 aliphatic carbocycles. The van der Waals surface area contributed by atoms with Gasteiger partial charge in [0, 0.05) is 6.07 Å². The summed E-state index contributed by atoms with van der Waals surface area (Å²) in [5.74, 6) is 1.52. The van der Waals surface area contributed by atoms with Crippen molar-refractivity contribution in [1.82, 2.24) is 19.7 Å². The maximum absolute atomic E-state index is 11.9. The Bertz CT molecular complexity index is 739. The van der Waals surface area contributed by atoms with Crippen molar-refractivity contribution in [2.75, 3.05) is 13.2 Å². The Hall–Kier alpha value is -2.35. The average molecular weight is 364 g/mol. The van der Waals surface area contributed by atoms with Crippen molar-refractivity contribution < 1.29 is 14.6 Å². The van der Waals surface area contributed by atoms with Crippen molar-refractivity contribution in [2.45, 2.75) is 59.1 Å². The number of hydrogen-bond donors (Lipinski definition) is 2. The van der Waals surface area contributed by atoms with Gasteiger partial charge in [0.1, 0.15) is 5.69 Å². The van der Waals surface area contributed by atoms with Gasteiger partial charge in [0.25, 0.3) is 0 Å². The topological polar surface area (TPSA) is 102 Å². The molecule has 0 aromatic carbocycles. The third-order valence-corrected chi connectivity index (χ3v) is 3.78. The first-order valence-electron chi connectivity index (χ1n) is 9.16. The lowest BCUT2D eigenvalue weighted by Gasteiger charge is -2.14. The number of aliphatic hydroxyl groups is 1. The molecule has 0 amide bonds. The quantitative estimate of drug-likeness (QED) is 0.594. The minimum Gasteiger partial charge on any atom is -0.490 e. The average Bonchev–Trinajstić information content (AvgIpc) is 2.96. The minimum absolute atomic E-state index is 0.132. The van der Waals surface area contributed by atoms with Gasteiger partial charge in [-0.2, -0.15) is 5.10 Å². The van der Waals surface area contributed by atoms with Crippen LogP contribution < -0.4 is 15.2 Å². The monoisotopic (exact) mass is 364 g/mol. The molecule has 0 spiro atoms. The Morgan fingerprint density at radius 2 is 1.85 bits per heavy atom. The van der Waals surface area contributed by atoms with E-state index in [0.29, 0.717) is 36.2 Å². The molecule has 0 aliphatic rings. The van der Waals surface area contributed by atoms with Crippen molar-refractivity contribution in [2.24, 2.45) is 0 Å². The Morgan fingerprint density at radius 1 is 1.19 bits per heavy atom. The predicted octanol–water partition coefficient (Wildman–Crippen LogP) is 2.37. The van der Waals surface area contributed by atoms with Gasteiger partial charge < -0.3 is 14.6 Å². The Kier molecular flexibility index (Phi) is 7.65. The van der Waals surface area contributed by atoms with Gasteiger partial charge in [0.15, 0.2) is 17.3 Å². The molecule has 2 heterocycles. The van der Waals surface area contributed by atoms with E-state index in [4.69, 9.17) is 9.47 Å². The summed E-state index contributed by atoms with van der Waals surface area (Å²) < 4.78 is 13.0. The molecule has 0 saturated heterocycles. The highest BCUT2D eigenvalue weighted by Gasteiger charge is 2.16. The molecule has 144 valence electrons. The largest absolute Gasteiger partial charge is 0.490 e. The summed E-state index contributed by atoms with van der Waals surface area (Å²) in [5, 5.41) is 16.1. The fourth-order valence-electron chi connectivity index (χ4n) is 2.37. The van der Waals surface area contributed by atoms with Crippen LogP contribution in [-0.2, 0) is 6.54 Å². The first-order valence-corrected chi connectivity index (χ1v) is 9.16. The predicted molar refractivity (Wildman–Crippen MR) is 98.6 cm³/mol. The summed E-state index contributed by atoms with van der Waals surface area (Å²) in [7, 11) is 0. The van der Waals surface area contributed by atoms with E-state index in [1.165, 1.54) is 4.57 Å². The van der Waals surface area contributed by atoms with E-state index in [2.05, 4.69) is 29.0 Å². The SMILES string of the molecule is CCCCOc1cnc(-c2n[nH]c(=O)n2C[C@H](C)O)cc1OCCCC. The van der Waals surface area contributed by atoms with E-state index < -0.39 is 6.10 Å². The summed E-state index contributed by atoms with van der Waals surface area (Å²) >= 11 is 0. The molecule has 0 fully saturated rings. The second kappa shape index (κ2) is 9.96. The number of unbranched alkanes of at least 4 members (excludes halogenated alkanes) is 2. The van der Waals surface area contributed by atoms with Crippen LogP contribution in [0.5, 0.6) is 11.5 Å². The molecule has 2 aromatic heterocycles. The van der Waals surface area contributed by atoms with E-state index in [-0.39, 0.29) is 12.2 Å². The third kappa shape index (κ3) is 5.32. The van der Waals surface area contributed by atoms with Gasteiger partial charge in [0.05, 0.1) is 32.1 Å². The maximum Gasteiger partial charge on any atom is 0.343 e. The van der Waals surface area contributed by atoms with Gasteiger partial charge in [-0.3, -0.25) is 4.57 Å². The molecule has 0 radical (unpaired) electrons. The summed E-state index contributed by atoms with van der Waals surface area (Å²) in [6.07, 6.45) is 4.86. The van der Waals surface area contributed by atoms with Crippen LogP contribution in [0.4, 0.5) is 0 Å². The Morgan fingerprint density at radius 3 is 2.46 bits per heavy atom. The smallest absolute Gasteiger partial charge is 0.343 e. The van der Waals surface area contributed by atoms with Gasteiger partial charge >= 0.3 is 5.69 Å². The maximum atomic E-state index is 11.9. The zero-order valence-electron chi connectivity index (χ0n) is 15.7. The number of aromatic amines is 1. The van der Waals surface area contributed by atoms with E-state index in [0.717, 1.165) is 25.7 Å². The zero-order chi connectivity index (χ0) is 18.9. The Balaban J connectivity index is 2.32. The molecule has 0 bridgehead atoms. The molecule has 2 rings (SSSR count). The zero-order valence-corrected chi connectivity index (χ0v) is 15.7. The van der Waals surface area contributed by atoms with Crippen LogP contribution in [0, 0.1) is 0 Å². The fraction of sp³-hybridized carbons (Fsp3) is 0.611. The fourth-order valence-corrected chi connectivity index (χ4v) is 2.37. The number of aromatic nitrogens is 4. The summed E-state index contributed by atoms with van der Waals surface area (Å²) in [5.41, 5.74) is 0.0952. The van der Waals surface area contributed by atoms with Crippen LogP contribution >= 0.6 is 0 Å². The highest BCUT2D eigenvalue weighted by molar-refractivity contribution is 5.55. The number of hydrogen-bond acceptors (Lipinski definition) is 6. The molecule has 8 nitrogen and oxygen atoms in total. The normalized spacial score (nSPS) is 12.2. The number of pyridine rings is 1. The van der Waals surface area contributed by atoms with Crippen LogP contribution in [0.3, 0.4) is 0 Å². The van der Waals surface area contributed by atoms with Gasteiger partial charge in [0.2, 0.25) is 0 Å². The van der Waals surface area contributed by atoms with E-state index in [9.17, 15) is 9.90 Å². The summed E-state index contributed by atoms with van der Waals surface area (Å²) in [6.45, 7) is 7.11. The van der Waals surface area contributed by atoms with Crippen molar-refractivity contribution in [1.29, 1.82) is 0 Å². The minimum atomic E-state index is -0.680. The lowest BCUT2D eigenvalue weighted by molar-refractivity contribution is 0.172. The molecule has 8 heteroatoms. The molecule has 2 aromatic rings. The standard InChI is InChI=1S/C18H28N4O4/c1-4-6-8-25-15-10-14(19-11-16(15)26-9-7-5-2)17-20-21-18(24)22(17)12-13(3)23/h10-11,13,23H,4-9,12H2,1-3H3,(H,21,24)/t13-/m0/s1. The van der Waals surface area contributed by atoms with Gasteiger partial charge in [-0.05, 0) is 19.8 Å². The van der Waals surface area contributed by atoms with Crippen LogP contribution in [0.1, 0.15) is 46.5 Å². The molecule has 2 N–H and O–H groups in total. The number of rotatable bonds is 11. The van der Waals surface area contributed by atoms with Crippen molar-refractivity contribution >= 4 is 0 Å². The third-order valence-electron chi connectivity index (χ3n) is 3.78. The first kappa shape index (κ1) is 20.0. The first-order chi connectivity index (χ1) is 12.6. The van der Waals surface area contributed by atoms with Crippen molar-refractivity contribution in [3.05, 3.63) is 22.7 Å². The van der Waals surface area contributed by atoms with Crippen LogP contribution in [0.2, 0.25) is 0 Å². The second-order valence-corrected chi connectivity index (χ2v) is 6.23. The van der Waals surface area contributed by atoms with E-state index in [1.807, 2.05) is 0 Å². The number of nitrogens with one attached hydrogen (secondary N) is 1. The van der Waals surface area contributed by atoms with E-state index in [1.54, 1.807) is 19.2 Å². The highest BCUT2D eigenvalue weighted by Crippen LogP contribution is 2.30. The molecule has 26 heavy (non-hydrogen) atoms. The lowest BCUT2D eigenvalue weighted by atomic mass is 10.3.